The van der Waals surface area contributed by atoms with Gasteiger partial charge in [0.2, 0.25) is 0 Å². The average Bonchev–Trinajstić information content (AvgIpc) is 2.09. The molecule has 0 heterocycles. The highest BCUT2D eigenvalue weighted by Crippen LogP contribution is 1.99. The van der Waals surface area contributed by atoms with Gasteiger partial charge in [0.25, 0.3) is 0 Å². The number of rotatable bonds is 7. The van der Waals surface area contributed by atoms with Crippen LogP contribution in [-0.2, 0) is 4.84 Å². The van der Waals surface area contributed by atoms with E-state index >= 15 is 0 Å². The molecule has 0 bridgehead atoms. The number of nitrogens with zero attached hydrogens (tertiary/aromatic N) is 2. The summed E-state index contributed by atoms with van der Waals surface area (Å²) in [6.45, 7) is 5.83. The maximum absolute atomic E-state index is 5.05. The van der Waals surface area contributed by atoms with Crippen LogP contribution in [0.1, 0.15) is 33.1 Å². The molecule has 0 spiro atoms. The maximum atomic E-state index is 5.05. The minimum atomic E-state index is 0.662. The molecule has 0 amide bonds. The fraction of sp³-hybridized carbons (Fsp3) is 0.900. The maximum Gasteiger partial charge on any atom is 0.114 e. The quantitative estimate of drug-likeness (QED) is 0.449. The summed E-state index contributed by atoms with van der Waals surface area (Å²) in [5.74, 6) is 0. The SMILES string of the molecule is CCC/C(CCN(C)C)=N/OCC. The summed E-state index contributed by atoms with van der Waals surface area (Å²) in [5.41, 5.74) is 1.18. The van der Waals surface area contributed by atoms with Crippen LogP contribution in [0.3, 0.4) is 0 Å². The molecule has 0 radical (unpaired) electrons. The first kappa shape index (κ1) is 12.4. The number of oxime groups is 1. The predicted molar refractivity (Wildman–Crippen MR) is 57.1 cm³/mol. The molecule has 0 aliphatic carbocycles. The van der Waals surface area contributed by atoms with Gasteiger partial charge in [-0.1, -0.05) is 18.5 Å². The van der Waals surface area contributed by atoms with Gasteiger partial charge in [-0.2, -0.15) is 0 Å². The van der Waals surface area contributed by atoms with E-state index < -0.39 is 0 Å². The van der Waals surface area contributed by atoms with Gasteiger partial charge in [-0.15, -0.1) is 0 Å². The Morgan fingerprint density at radius 3 is 2.38 bits per heavy atom. The van der Waals surface area contributed by atoms with Gasteiger partial charge in [0.1, 0.15) is 6.61 Å². The van der Waals surface area contributed by atoms with Crippen molar-refractivity contribution in [3.8, 4) is 0 Å². The molecule has 0 N–H and O–H groups in total. The topological polar surface area (TPSA) is 24.8 Å². The van der Waals surface area contributed by atoms with Crippen LogP contribution in [-0.4, -0.2) is 37.9 Å². The molecular formula is C10H22N2O. The molecule has 3 nitrogen and oxygen atoms in total. The van der Waals surface area contributed by atoms with E-state index in [2.05, 4.69) is 31.1 Å². The lowest BCUT2D eigenvalue weighted by molar-refractivity contribution is 0.157. The molecule has 0 saturated carbocycles. The summed E-state index contributed by atoms with van der Waals surface area (Å²) in [6.07, 6.45) is 3.20. The van der Waals surface area contributed by atoms with Crippen LogP contribution in [0.5, 0.6) is 0 Å². The Balaban J connectivity index is 3.79. The lowest BCUT2D eigenvalue weighted by Gasteiger charge is -2.10. The Hall–Kier alpha value is -0.570. The fourth-order valence-electron chi connectivity index (χ4n) is 1.01. The molecule has 13 heavy (non-hydrogen) atoms. The smallest absolute Gasteiger partial charge is 0.114 e. The molecule has 0 saturated heterocycles. The van der Waals surface area contributed by atoms with Gasteiger partial charge in [-0.25, -0.2) is 0 Å². The second-order valence-electron chi connectivity index (χ2n) is 3.38. The van der Waals surface area contributed by atoms with Crippen LogP contribution in [0.15, 0.2) is 5.16 Å². The summed E-state index contributed by atoms with van der Waals surface area (Å²) in [6, 6.07) is 0. The second kappa shape index (κ2) is 8.05. The normalized spacial score (nSPS) is 12.2. The first-order valence-corrected chi connectivity index (χ1v) is 5.03. The number of hydrogen-bond donors (Lipinski definition) is 0. The Morgan fingerprint density at radius 1 is 1.23 bits per heavy atom. The molecule has 0 aliphatic rings. The van der Waals surface area contributed by atoms with E-state index in [9.17, 15) is 0 Å². The highest BCUT2D eigenvalue weighted by Gasteiger charge is 2.00. The molecule has 0 aliphatic heterocycles. The van der Waals surface area contributed by atoms with Crippen LogP contribution in [0.2, 0.25) is 0 Å². The fourth-order valence-corrected chi connectivity index (χ4v) is 1.01. The highest BCUT2D eigenvalue weighted by molar-refractivity contribution is 5.84. The van der Waals surface area contributed by atoms with Gasteiger partial charge in [0, 0.05) is 13.0 Å². The highest BCUT2D eigenvalue weighted by atomic mass is 16.6. The second-order valence-corrected chi connectivity index (χ2v) is 3.38. The summed E-state index contributed by atoms with van der Waals surface area (Å²) in [4.78, 5) is 7.21. The zero-order chi connectivity index (χ0) is 10.1. The van der Waals surface area contributed by atoms with E-state index in [0.29, 0.717) is 6.61 Å². The van der Waals surface area contributed by atoms with E-state index in [0.717, 1.165) is 25.8 Å². The Labute approximate surface area is 81.7 Å². The minimum Gasteiger partial charge on any atom is -0.396 e. The lowest BCUT2D eigenvalue weighted by atomic mass is 10.1. The Bertz CT molecular complexity index is 144. The van der Waals surface area contributed by atoms with E-state index in [1.165, 1.54) is 5.71 Å². The summed E-state index contributed by atoms with van der Waals surface area (Å²) < 4.78 is 0. The van der Waals surface area contributed by atoms with Crippen molar-refractivity contribution < 1.29 is 4.84 Å². The van der Waals surface area contributed by atoms with Crippen molar-refractivity contribution >= 4 is 5.71 Å². The lowest BCUT2D eigenvalue weighted by Crippen LogP contribution is -2.16. The van der Waals surface area contributed by atoms with Crippen LogP contribution in [0.25, 0.3) is 0 Å². The Morgan fingerprint density at radius 2 is 1.92 bits per heavy atom. The van der Waals surface area contributed by atoms with Gasteiger partial charge in [-0.05, 0) is 27.4 Å². The van der Waals surface area contributed by atoms with Gasteiger partial charge >= 0.3 is 0 Å². The zero-order valence-electron chi connectivity index (χ0n) is 9.34. The van der Waals surface area contributed by atoms with Gasteiger partial charge in [-0.3, -0.25) is 0 Å². The van der Waals surface area contributed by atoms with Crippen LogP contribution >= 0.6 is 0 Å². The molecule has 0 unspecified atom stereocenters. The molecule has 0 rings (SSSR count). The van der Waals surface area contributed by atoms with Crippen LogP contribution in [0.4, 0.5) is 0 Å². The van der Waals surface area contributed by atoms with E-state index in [1.807, 2.05) is 6.92 Å². The summed E-state index contributed by atoms with van der Waals surface area (Å²) >= 11 is 0. The molecule has 0 aromatic carbocycles. The van der Waals surface area contributed by atoms with Crippen molar-refractivity contribution in [3.05, 3.63) is 0 Å². The van der Waals surface area contributed by atoms with Crippen LogP contribution < -0.4 is 0 Å². The molecule has 0 atom stereocenters. The first-order valence-electron chi connectivity index (χ1n) is 5.03. The number of hydrogen-bond acceptors (Lipinski definition) is 3. The van der Waals surface area contributed by atoms with Crippen molar-refractivity contribution in [1.29, 1.82) is 0 Å². The summed E-state index contributed by atoms with van der Waals surface area (Å²) in [7, 11) is 4.15. The van der Waals surface area contributed by atoms with E-state index in [-0.39, 0.29) is 0 Å². The van der Waals surface area contributed by atoms with Crippen molar-refractivity contribution in [1.82, 2.24) is 4.90 Å². The largest absolute Gasteiger partial charge is 0.396 e. The van der Waals surface area contributed by atoms with Crippen molar-refractivity contribution in [2.45, 2.75) is 33.1 Å². The monoisotopic (exact) mass is 186 g/mol. The molecule has 0 fully saturated rings. The van der Waals surface area contributed by atoms with Crippen LogP contribution in [0, 0.1) is 0 Å². The van der Waals surface area contributed by atoms with E-state index in [4.69, 9.17) is 4.84 Å². The molecule has 3 heteroatoms. The third-order valence-corrected chi connectivity index (χ3v) is 1.71. The minimum absolute atomic E-state index is 0.662. The van der Waals surface area contributed by atoms with Crippen molar-refractivity contribution in [2.75, 3.05) is 27.2 Å². The van der Waals surface area contributed by atoms with Crippen molar-refractivity contribution in [3.63, 3.8) is 0 Å². The van der Waals surface area contributed by atoms with E-state index in [1.54, 1.807) is 0 Å². The average molecular weight is 186 g/mol. The molecule has 78 valence electrons. The molecule has 0 aromatic rings. The van der Waals surface area contributed by atoms with Gasteiger partial charge in [0.15, 0.2) is 0 Å². The van der Waals surface area contributed by atoms with Gasteiger partial charge in [0.05, 0.1) is 5.71 Å². The predicted octanol–water partition coefficient (Wildman–Crippen LogP) is 2.13. The Kier molecular flexibility index (Phi) is 7.69. The third-order valence-electron chi connectivity index (χ3n) is 1.71. The summed E-state index contributed by atoms with van der Waals surface area (Å²) in [5, 5.41) is 4.09. The molecule has 0 aromatic heterocycles. The van der Waals surface area contributed by atoms with Gasteiger partial charge < -0.3 is 9.74 Å². The van der Waals surface area contributed by atoms with Crippen molar-refractivity contribution in [2.24, 2.45) is 5.16 Å². The zero-order valence-corrected chi connectivity index (χ0v) is 9.34. The molecular weight excluding hydrogens is 164 g/mol. The standard InChI is InChI=1S/C10H22N2O/c1-5-7-10(11-13-6-2)8-9-12(3)4/h5-9H2,1-4H3/b11-10-. The third kappa shape index (κ3) is 7.78. The first-order chi connectivity index (χ1) is 6.20.